The minimum atomic E-state index is -0.277. The zero-order valence-corrected chi connectivity index (χ0v) is 11.8. The number of aromatic hydroxyl groups is 1. The number of hydrazone groups is 1. The monoisotopic (exact) mass is 284 g/mol. The zero-order valence-electron chi connectivity index (χ0n) is 11.8. The van der Waals surface area contributed by atoms with E-state index in [0.717, 1.165) is 5.56 Å². The highest BCUT2D eigenvalue weighted by molar-refractivity contribution is 5.95. The van der Waals surface area contributed by atoms with Gasteiger partial charge in [0.2, 0.25) is 0 Å². The van der Waals surface area contributed by atoms with Gasteiger partial charge in [0.15, 0.2) is 11.5 Å². The van der Waals surface area contributed by atoms with Crippen LogP contribution in [0.5, 0.6) is 11.5 Å². The first-order valence-electron chi connectivity index (χ1n) is 6.37. The standard InChI is InChI=1S/C16H16N2O3/c1-11-4-3-5-13(8-11)16(20)18-17-10-12-6-7-14(19)15(9-12)21-2/h3-10,19H,1-2H3,(H,18,20)/b17-10+. The SMILES string of the molecule is COc1cc(/C=N/NC(=O)c2cccc(C)c2)ccc1O. The molecule has 2 aromatic rings. The van der Waals surface area contributed by atoms with Crippen LogP contribution in [-0.2, 0) is 0 Å². The Hall–Kier alpha value is -2.82. The third-order valence-corrected chi connectivity index (χ3v) is 2.86. The normalized spacial score (nSPS) is 10.6. The van der Waals surface area contributed by atoms with Gasteiger partial charge in [-0.1, -0.05) is 17.7 Å². The van der Waals surface area contributed by atoms with Crippen molar-refractivity contribution >= 4 is 12.1 Å². The van der Waals surface area contributed by atoms with Crippen LogP contribution in [0.1, 0.15) is 21.5 Å². The summed E-state index contributed by atoms with van der Waals surface area (Å²) in [5.74, 6) is 0.128. The molecule has 108 valence electrons. The lowest BCUT2D eigenvalue weighted by atomic mass is 10.1. The molecule has 0 aliphatic rings. The van der Waals surface area contributed by atoms with Crippen molar-refractivity contribution in [3.63, 3.8) is 0 Å². The van der Waals surface area contributed by atoms with E-state index in [4.69, 9.17) is 4.74 Å². The van der Waals surface area contributed by atoms with E-state index in [1.54, 1.807) is 24.3 Å². The fraction of sp³-hybridized carbons (Fsp3) is 0.125. The van der Waals surface area contributed by atoms with E-state index in [9.17, 15) is 9.90 Å². The molecule has 0 heterocycles. The molecule has 0 radical (unpaired) electrons. The topological polar surface area (TPSA) is 70.9 Å². The average molecular weight is 284 g/mol. The summed E-state index contributed by atoms with van der Waals surface area (Å²) in [7, 11) is 1.47. The van der Waals surface area contributed by atoms with E-state index in [1.807, 2.05) is 19.1 Å². The van der Waals surface area contributed by atoms with Crippen LogP contribution in [0, 0.1) is 6.92 Å². The van der Waals surface area contributed by atoms with Crippen molar-refractivity contribution in [2.24, 2.45) is 5.10 Å². The lowest BCUT2D eigenvalue weighted by molar-refractivity contribution is 0.0955. The molecule has 1 amide bonds. The quantitative estimate of drug-likeness (QED) is 0.669. The molecule has 0 saturated heterocycles. The number of rotatable bonds is 4. The van der Waals surface area contributed by atoms with Crippen molar-refractivity contribution in [3.05, 3.63) is 59.2 Å². The van der Waals surface area contributed by atoms with Crippen LogP contribution in [0.2, 0.25) is 0 Å². The van der Waals surface area contributed by atoms with Crippen LogP contribution in [0.4, 0.5) is 0 Å². The Morgan fingerprint density at radius 2 is 2.10 bits per heavy atom. The lowest BCUT2D eigenvalue weighted by Crippen LogP contribution is -2.17. The first-order valence-corrected chi connectivity index (χ1v) is 6.37. The molecule has 5 nitrogen and oxygen atoms in total. The Kier molecular flexibility index (Phi) is 4.56. The maximum atomic E-state index is 11.9. The van der Waals surface area contributed by atoms with Gasteiger partial charge in [0.25, 0.3) is 5.91 Å². The Labute approximate surface area is 122 Å². The maximum Gasteiger partial charge on any atom is 0.271 e. The Morgan fingerprint density at radius 3 is 2.81 bits per heavy atom. The molecule has 0 fully saturated rings. The van der Waals surface area contributed by atoms with Crippen molar-refractivity contribution in [1.82, 2.24) is 5.43 Å². The molecule has 0 bridgehead atoms. The second kappa shape index (κ2) is 6.56. The number of methoxy groups -OCH3 is 1. The molecule has 2 N–H and O–H groups in total. The van der Waals surface area contributed by atoms with Gasteiger partial charge in [0.05, 0.1) is 13.3 Å². The highest BCUT2D eigenvalue weighted by Crippen LogP contribution is 2.25. The fourth-order valence-corrected chi connectivity index (χ4v) is 1.79. The van der Waals surface area contributed by atoms with Gasteiger partial charge in [-0.05, 0) is 42.8 Å². The van der Waals surface area contributed by atoms with Crippen LogP contribution in [0.15, 0.2) is 47.6 Å². The van der Waals surface area contributed by atoms with Gasteiger partial charge in [-0.25, -0.2) is 5.43 Å². The maximum absolute atomic E-state index is 11.9. The summed E-state index contributed by atoms with van der Waals surface area (Å²) >= 11 is 0. The van der Waals surface area contributed by atoms with E-state index in [0.29, 0.717) is 16.9 Å². The van der Waals surface area contributed by atoms with Crippen molar-refractivity contribution in [2.45, 2.75) is 6.92 Å². The molecule has 0 unspecified atom stereocenters. The molecule has 21 heavy (non-hydrogen) atoms. The van der Waals surface area contributed by atoms with Crippen LogP contribution in [-0.4, -0.2) is 24.3 Å². The van der Waals surface area contributed by atoms with Crippen LogP contribution in [0.3, 0.4) is 0 Å². The predicted octanol–water partition coefficient (Wildman–Crippen LogP) is 2.47. The number of hydrogen-bond donors (Lipinski definition) is 2. The summed E-state index contributed by atoms with van der Waals surface area (Å²) in [6.45, 7) is 1.92. The molecule has 0 atom stereocenters. The molecular formula is C16H16N2O3. The summed E-state index contributed by atoms with van der Waals surface area (Å²) in [5, 5.41) is 13.4. The Balaban J connectivity index is 2.04. The van der Waals surface area contributed by atoms with E-state index >= 15 is 0 Å². The number of nitrogens with zero attached hydrogens (tertiary/aromatic N) is 1. The smallest absolute Gasteiger partial charge is 0.271 e. The van der Waals surface area contributed by atoms with Crippen LogP contribution in [0.25, 0.3) is 0 Å². The first kappa shape index (κ1) is 14.6. The van der Waals surface area contributed by atoms with Gasteiger partial charge < -0.3 is 9.84 Å². The number of nitrogens with one attached hydrogen (secondary N) is 1. The third kappa shape index (κ3) is 3.82. The molecule has 5 heteroatoms. The van der Waals surface area contributed by atoms with Gasteiger partial charge in [-0.3, -0.25) is 4.79 Å². The summed E-state index contributed by atoms with van der Waals surface area (Å²) in [5.41, 5.74) is 4.72. The second-order valence-corrected chi connectivity index (χ2v) is 4.50. The van der Waals surface area contributed by atoms with E-state index in [2.05, 4.69) is 10.5 Å². The first-order chi connectivity index (χ1) is 10.1. The molecule has 0 saturated carbocycles. The van der Waals surface area contributed by atoms with Gasteiger partial charge >= 0.3 is 0 Å². The Bertz CT molecular complexity index is 681. The van der Waals surface area contributed by atoms with Gasteiger partial charge in [0.1, 0.15) is 0 Å². The number of phenols is 1. The number of phenolic OH excluding ortho intramolecular Hbond substituents is 1. The highest BCUT2D eigenvalue weighted by Gasteiger charge is 2.04. The van der Waals surface area contributed by atoms with Crippen molar-refractivity contribution in [2.75, 3.05) is 7.11 Å². The van der Waals surface area contributed by atoms with E-state index in [-0.39, 0.29) is 11.7 Å². The molecule has 0 aliphatic carbocycles. The molecule has 0 aromatic heterocycles. The number of benzene rings is 2. The van der Waals surface area contributed by atoms with Gasteiger partial charge in [-0.15, -0.1) is 0 Å². The highest BCUT2D eigenvalue weighted by atomic mass is 16.5. The molecule has 0 aliphatic heterocycles. The fourth-order valence-electron chi connectivity index (χ4n) is 1.79. The molecule has 2 rings (SSSR count). The summed E-state index contributed by atoms with van der Waals surface area (Å²) in [4.78, 5) is 11.9. The number of amides is 1. The largest absolute Gasteiger partial charge is 0.504 e. The average Bonchev–Trinajstić information content (AvgIpc) is 2.48. The third-order valence-electron chi connectivity index (χ3n) is 2.86. The number of ether oxygens (including phenoxy) is 1. The summed E-state index contributed by atoms with van der Waals surface area (Å²) < 4.78 is 5.00. The van der Waals surface area contributed by atoms with Crippen molar-refractivity contribution in [1.29, 1.82) is 0 Å². The Morgan fingerprint density at radius 1 is 1.29 bits per heavy atom. The number of carbonyl (C=O) groups is 1. The zero-order chi connectivity index (χ0) is 15.2. The minimum absolute atomic E-state index is 0.0541. The molecule has 0 spiro atoms. The molecule has 2 aromatic carbocycles. The van der Waals surface area contributed by atoms with Gasteiger partial charge in [-0.2, -0.15) is 5.10 Å². The second-order valence-electron chi connectivity index (χ2n) is 4.50. The van der Waals surface area contributed by atoms with Gasteiger partial charge in [0, 0.05) is 5.56 Å². The lowest BCUT2D eigenvalue weighted by Gasteiger charge is -2.03. The van der Waals surface area contributed by atoms with Crippen LogP contribution < -0.4 is 10.2 Å². The number of aryl methyl sites for hydroxylation is 1. The number of carbonyl (C=O) groups excluding carboxylic acids is 1. The minimum Gasteiger partial charge on any atom is -0.504 e. The van der Waals surface area contributed by atoms with Crippen molar-refractivity contribution in [3.8, 4) is 11.5 Å². The van der Waals surface area contributed by atoms with Crippen molar-refractivity contribution < 1.29 is 14.6 Å². The van der Waals surface area contributed by atoms with E-state index in [1.165, 1.54) is 19.4 Å². The van der Waals surface area contributed by atoms with Crippen LogP contribution >= 0.6 is 0 Å². The predicted molar refractivity (Wildman–Crippen MR) is 80.9 cm³/mol. The van der Waals surface area contributed by atoms with E-state index < -0.39 is 0 Å². The summed E-state index contributed by atoms with van der Waals surface area (Å²) in [6.07, 6.45) is 1.48. The molecular weight excluding hydrogens is 268 g/mol. The number of hydrogen-bond acceptors (Lipinski definition) is 4. The summed E-state index contributed by atoms with van der Waals surface area (Å²) in [6, 6.07) is 12.0.